The second-order valence-corrected chi connectivity index (χ2v) is 7.62. The standard InChI is InChI=1S/C24H36N2/c1-5-7-9-11-13-21-18-23(24-16-15-20(4)25-26-24)22(17-19(21)3)14-12-10-8-6-2/h15-18H,5-14H2,1-4H3. The predicted octanol–water partition coefficient (Wildman–Crippen LogP) is 7.01. The third kappa shape index (κ3) is 6.23. The molecule has 0 radical (unpaired) electrons. The van der Waals surface area contributed by atoms with Crippen molar-refractivity contribution < 1.29 is 0 Å². The Kier molecular flexibility index (Phi) is 8.80. The van der Waals surface area contributed by atoms with Gasteiger partial charge in [0.1, 0.15) is 0 Å². The molecule has 1 aromatic heterocycles. The molecule has 0 fully saturated rings. The molecule has 26 heavy (non-hydrogen) atoms. The van der Waals surface area contributed by atoms with Crippen molar-refractivity contribution in [2.24, 2.45) is 0 Å². The smallest absolute Gasteiger partial charge is 0.0932 e. The third-order valence-corrected chi connectivity index (χ3v) is 5.23. The van der Waals surface area contributed by atoms with E-state index in [2.05, 4.69) is 55.2 Å². The molecule has 0 saturated heterocycles. The Morgan fingerprint density at radius 3 is 1.92 bits per heavy atom. The zero-order chi connectivity index (χ0) is 18.8. The van der Waals surface area contributed by atoms with E-state index < -0.39 is 0 Å². The van der Waals surface area contributed by atoms with Gasteiger partial charge in [-0.1, -0.05) is 58.4 Å². The van der Waals surface area contributed by atoms with E-state index >= 15 is 0 Å². The van der Waals surface area contributed by atoms with Crippen LogP contribution in [0.2, 0.25) is 0 Å². The van der Waals surface area contributed by atoms with Crippen molar-refractivity contribution in [3.05, 3.63) is 46.6 Å². The molecule has 2 rings (SSSR count). The maximum atomic E-state index is 4.48. The van der Waals surface area contributed by atoms with Crippen molar-refractivity contribution in [1.29, 1.82) is 0 Å². The molecule has 1 aromatic carbocycles. The lowest BCUT2D eigenvalue weighted by Gasteiger charge is -2.15. The van der Waals surface area contributed by atoms with Crippen molar-refractivity contribution in [3.63, 3.8) is 0 Å². The Bertz CT molecular complexity index is 659. The van der Waals surface area contributed by atoms with Gasteiger partial charge in [0.2, 0.25) is 0 Å². The van der Waals surface area contributed by atoms with Crippen LogP contribution in [0.25, 0.3) is 11.3 Å². The molecule has 142 valence electrons. The molecule has 0 saturated carbocycles. The number of aryl methyl sites for hydroxylation is 4. The molecule has 0 atom stereocenters. The minimum Gasteiger partial charge on any atom is -0.155 e. The van der Waals surface area contributed by atoms with Gasteiger partial charge in [-0.15, -0.1) is 0 Å². The van der Waals surface area contributed by atoms with Crippen LogP contribution in [0.15, 0.2) is 24.3 Å². The largest absolute Gasteiger partial charge is 0.155 e. The van der Waals surface area contributed by atoms with Crippen LogP contribution in [0.1, 0.15) is 87.6 Å². The summed E-state index contributed by atoms with van der Waals surface area (Å²) < 4.78 is 0. The minimum atomic E-state index is 0.977. The Morgan fingerprint density at radius 2 is 1.35 bits per heavy atom. The van der Waals surface area contributed by atoms with Crippen molar-refractivity contribution >= 4 is 0 Å². The maximum absolute atomic E-state index is 4.48. The summed E-state index contributed by atoms with van der Waals surface area (Å²) in [5.41, 5.74) is 7.66. The van der Waals surface area contributed by atoms with Crippen molar-refractivity contribution in [2.45, 2.75) is 91.9 Å². The van der Waals surface area contributed by atoms with Crippen LogP contribution in [0.5, 0.6) is 0 Å². The van der Waals surface area contributed by atoms with E-state index in [9.17, 15) is 0 Å². The molecule has 2 heteroatoms. The van der Waals surface area contributed by atoms with E-state index in [0.29, 0.717) is 0 Å². The zero-order valence-electron chi connectivity index (χ0n) is 17.3. The van der Waals surface area contributed by atoms with Crippen molar-refractivity contribution in [2.75, 3.05) is 0 Å². The van der Waals surface area contributed by atoms with Crippen LogP contribution in [0.4, 0.5) is 0 Å². The summed E-state index contributed by atoms with van der Waals surface area (Å²) in [5.74, 6) is 0. The molecule has 0 N–H and O–H groups in total. The molecule has 0 aliphatic heterocycles. The SMILES string of the molecule is CCCCCCc1cc(-c2ccc(C)nn2)c(CCCCCC)cc1C. The second-order valence-electron chi connectivity index (χ2n) is 7.62. The Balaban J connectivity index is 2.24. The molecule has 0 amide bonds. The number of hydrogen-bond acceptors (Lipinski definition) is 2. The van der Waals surface area contributed by atoms with Gasteiger partial charge in [-0.3, -0.25) is 0 Å². The molecule has 0 aliphatic rings. The molecule has 0 bridgehead atoms. The lowest BCUT2D eigenvalue weighted by atomic mass is 9.91. The summed E-state index contributed by atoms with van der Waals surface area (Å²) in [6.07, 6.45) is 12.7. The summed E-state index contributed by atoms with van der Waals surface area (Å²) in [6.45, 7) is 8.81. The highest BCUT2D eigenvalue weighted by Gasteiger charge is 2.11. The summed E-state index contributed by atoms with van der Waals surface area (Å²) in [4.78, 5) is 0. The van der Waals surface area contributed by atoms with Crippen molar-refractivity contribution in [1.82, 2.24) is 10.2 Å². The van der Waals surface area contributed by atoms with E-state index in [4.69, 9.17) is 0 Å². The van der Waals surface area contributed by atoms with Crippen LogP contribution in [-0.4, -0.2) is 10.2 Å². The van der Waals surface area contributed by atoms with Gasteiger partial charge in [0.25, 0.3) is 0 Å². The van der Waals surface area contributed by atoms with E-state index in [1.165, 1.54) is 80.0 Å². The molecule has 0 unspecified atom stereocenters. The highest BCUT2D eigenvalue weighted by Crippen LogP contribution is 2.28. The van der Waals surface area contributed by atoms with E-state index in [1.54, 1.807) is 0 Å². The zero-order valence-corrected chi connectivity index (χ0v) is 17.3. The fourth-order valence-electron chi connectivity index (χ4n) is 3.55. The van der Waals surface area contributed by atoms with Gasteiger partial charge in [-0.2, -0.15) is 10.2 Å². The number of benzene rings is 1. The summed E-state index contributed by atoms with van der Waals surface area (Å²) >= 11 is 0. The Morgan fingerprint density at radius 1 is 0.692 bits per heavy atom. The predicted molar refractivity (Wildman–Crippen MR) is 113 cm³/mol. The van der Waals surface area contributed by atoms with Crippen LogP contribution in [0.3, 0.4) is 0 Å². The summed E-state index contributed by atoms with van der Waals surface area (Å²) in [6, 6.07) is 9.02. The van der Waals surface area contributed by atoms with Gasteiger partial charge in [-0.25, -0.2) is 0 Å². The number of rotatable bonds is 11. The minimum absolute atomic E-state index is 0.977. The number of aromatic nitrogens is 2. The fourth-order valence-corrected chi connectivity index (χ4v) is 3.55. The normalized spacial score (nSPS) is 11.1. The van der Waals surface area contributed by atoms with Gasteiger partial charge in [-0.05, 0) is 74.4 Å². The maximum Gasteiger partial charge on any atom is 0.0932 e. The average molecular weight is 353 g/mol. The van der Waals surface area contributed by atoms with Gasteiger partial charge >= 0.3 is 0 Å². The molecule has 1 heterocycles. The van der Waals surface area contributed by atoms with Gasteiger partial charge < -0.3 is 0 Å². The van der Waals surface area contributed by atoms with Crippen LogP contribution < -0.4 is 0 Å². The second kappa shape index (κ2) is 11.1. The molecule has 2 nitrogen and oxygen atoms in total. The first-order valence-electron chi connectivity index (χ1n) is 10.6. The highest BCUT2D eigenvalue weighted by molar-refractivity contribution is 5.65. The summed E-state index contributed by atoms with van der Waals surface area (Å²) in [5, 5.41) is 8.78. The molecule has 0 aliphatic carbocycles. The molecular weight excluding hydrogens is 316 g/mol. The van der Waals surface area contributed by atoms with Gasteiger partial charge in [0.05, 0.1) is 11.4 Å². The van der Waals surface area contributed by atoms with Crippen LogP contribution in [0, 0.1) is 13.8 Å². The number of hydrogen-bond donors (Lipinski definition) is 0. The lowest BCUT2D eigenvalue weighted by molar-refractivity contribution is 0.662. The van der Waals surface area contributed by atoms with Crippen molar-refractivity contribution in [3.8, 4) is 11.3 Å². The topological polar surface area (TPSA) is 25.8 Å². The summed E-state index contributed by atoms with van der Waals surface area (Å²) in [7, 11) is 0. The lowest BCUT2D eigenvalue weighted by Crippen LogP contribution is -2.00. The first-order chi connectivity index (χ1) is 12.7. The van der Waals surface area contributed by atoms with E-state index in [-0.39, 0.29) is 0 Å². The Labute approximate surface area is 160 Å². The quantitative estimate of drug-likeness (QED) is 0.407. The fraction of sp³-hybridized carbons (Fsp3) is 0.583. The number of nitrogens with zero attached hydrogens (tertiary/aromatic N) is 2. The first-order valence-corrected chi connectivity index (χ1v) is 10.6. The van der Waals surface area contributed by atoms with E-state index in [1.807, 2.05) is 6.92 Å². The average Bonchev–Trinajstić information content (AvgIpc) is 2.64. The first kappa shape index (κ1) is 20.6. The Hall–Kier alpha value is -1.70. The molecule has 0 spiro atoms. The third-order valence-electron chi connectivity index (χ3n) is 5.23. The molecular formula is C24H36N2. The monoisotopic (exact) mass is 352 g/mol. The van der Waals surface area contributed by atoms with Gasteiger partial charge in [0, 0.05) is 5.56 Å². The molecule has 2 aromatic rings. The van der Waals surface area contributed by atoms with E-state index in [0.717, 1.165) is 17.8 Å². The highest BCUT2D eigenvalue weighted by atomic mass is 15.1. The number of unbranched alkanes of at least 4 members (excludes halogenated alkanes) is 6. The van der Waals surface area contributed by atoms with Gasteiger partial charge in [0.15, 0.2) is 0 Å². The van der Waals surface area contributed by atoms with Crippen LogP contribution >= 0.6 is 0 Å². The van der Waals surface area contributed by atoms with Crippen LogP contribution in [-0.2, 0) is 12.8 Å².